The fraction of sp³-hybridized carbons (Fsp3) is 0.500. The highest BCUT2D eigenvalue weighted by Gasteiger charge is 2.22. The molecule has 1 aromatic rings. The molecule has 1 fully saturated rings. The summed E-state index contributed by atoms with van der Waals surface area (Å²) in [7, 11) is -2.86. The largest absolute Gasteiger partial charge is 0.354 e. The van der Waals surface area contributed by atoms with E-state index in [1.807, 2.05) is 4.90 Å². The van der Waals surface area contributed by atoms with Gasteiger partial charge in [-0.2, -0.15) is 4.98 Å². The van der Waals surface area contributed by atoms with Crippen LogP contribution in [0.15, 0.2) is 12.3 Å². The van der Waals surface area contributed by atoms with Gasteiger partial charge in [0.2, 0.25) is 5.95 Å². The number of hydrogen-bond acceptors (Lipinski definition) is 7. The van der Waals surface area contributed by atoms with Gasteiger partial charge in [-0.15, -0.1) is 0 Å². The summed E-state index contributed by atoms with van der Waals surface area (Å²) in [5.74, 6) is 6.56. The summed E-state index contributed by atoms with van der Waals surface area (Å²) < 4.78 is 22.5. The van der Waals surface area contributed by atoms with E-state index < -0.39 is 9.84 Å². The Morgan fingerprint density at radius 3 is 2.69 bits per heavy atom. The Morgan fingerprint density at radius 1 is 1.38 bits per heavy atom. The highest BCUT2D eigenvalue weighted by atomic mass is 32.2. The Bertz CT molecular complexity index is 461. The first kappa shape index (κ1) is 11.1. The number of nitrogens with zero attached hydrogens (tertiary/aromatic N) is 3. The molecule has 1 aliphatic rings. The maximum Gasteiger partial charge on any atom is 0.239 e. The average Bonchev–Trinajstić information content (AvgIpc) is 2.29. The predicted octanol–water partition coefficient (Wildman–Crippen LogP) is -1.00. The van der Waals surface area contributed by atoms with Crippen molar-refractivity contribution in [1.82, 2.24) is 9.97 Å². The van der Waals surface area contributed by atoms with E-state index in [1.54, 1.807) is 12.3 Å². The molecule has 2 rings (SSSR count). The van der Waals surface area contributed by atoms with Gasteiger partial charge in [-0.25, -0.2) is 19.2 Å². The van der Waals surface area contributed by atoms with Crippen LogP contribution >= 0.6 is 0 Å². The van der Waals surface area contributed by atoms with Crippen LogP contribution in [0.2, 0.25) is 0 Å². The number of anilines is 2. The lowest BCUT2D eigenvalue weighted by Crippen LogP contribution is -2.40. The Labute approximate surface area is 93.6 Å². The standard InChI is InChI=1S/C8H13N5O2S/c9-12-8-10-2-1-7(11-8)13-3-5-16(14,15)6-4-13/h1-2H,3-6,9H2,(H,10,11,12). The zero-order chi connectivity index (χ0) is 11.6. The number of rotatable bonds is 2. The number of sulfone groups is 1. The zero-order valence-corrected chi connectivity index (χ0v) is 9.44. The molecule has 0 radical (unpaired) electrons. The van der Waals surface area contributed by atoms with E-state index in [2.05, 4.69) is 15.4 Å². The first-order chi connectivity index (χ1) is 7.61. The van der Waals surface area contributed by atoms with E-state index in [-0.39, 0.29) is 11.5 Å². The Kier molecular flexibility index (Phi) is 2.92. The molecule has 0 amide bonds. The van der Waals surface area contributed by atoms with Gasteiger partial charge in [0.15, 0.2) is 9.84 Å². The number of aromatic nitrogens is 2. The van der Waals surface area contributed by atoms with Crippen LogP contribution < -0.4 is 16.2 Å². The molecule has 1 saturated heterocycles. The Hall–Kier alpha value is -1.41. The molecule has 1 aliphatic heterocycles. The van der Waals surface area contributed by atoms with Gasteiger partial charge in [-0.3, -0.25) is 5.43 Å². The molecule has 0 saturated carbocycles. The molecule has 88 valence electrons. The van der Waals surface area contributed by atoms with Crippen LogP contribution in [0.5, 0.6) is 0 Å². The monoisotopic (exact) mass is 243 g/mol. The van der Waals surface area contributed by atoms with Crippen LogP contribution in [0.4, 0.5) is 11.8 Å². The smallest absolute Gasteiger partial charge is 0.239 e. The molecule has 0 bridgehead atoms. The van der Waals surface area contributed by atoms with Gasteiger partial charge in [0.05, 0.1) is 11.5 Å². The molecule has 3 N–H and O–H groups in total. The highest BCUT2D eigenvalue weighted by Crippen LogP contribution is 2.14. The molecule has 7 nitrogen and oxygen atoms in total. The van der Waals surface area contributed by atoms with E-state index in [1.165, 1.54) is 0 Å². The number of nitrogens with one attached hydrogen (secondary N) is 1. The van der Waals surface area contributed by atoms with Crippen molar-refractivity contribution < 1.29 is 8.42 Å². The predicted molar refractivity (Wildman–Crippen MR) is 60.7 cm³/mol. The number of nitrogens with two attached hydrogens (primary N) is 1. The van der Waals surface area contributed by atoms with Gasteiger partial charge in [-0.1, -0.05) is 0 Å². The molecule has 0 unspecified atom stereocenters. The first-order valence-corrected chi connectivity index (χ1v) is 6.68. The van der Waals surface area contributed by atoms with E-state index in [9.17, 15) is 8.42 Å². The van der Waals surface area contributed by atoms with Crippen molar-refractivity contribution in [3.05, 3.63) is 12.3 Å². The fourth-order valence-corrected chi connectivity index (χ4v) is 2.74. The van der Waals surface area contributed by atoms with Gasteiger partial charge in [0.1, 0.15) is 5.82 Å². The third-order valence-corrected chi connectivity index (χ3v) is 4.05. The number of hydrazine groups is 1. The number of nitrogen functional groups attached to an aromatic ring is 1. The molecule has 2 heterocycles. The molecule has 0 spiro atoms. The lowest BCUT2D eigenvalue weighted by Gasteiger charge is -2.27. The van der Waals surface area contributed by atoms with Crippen molar-refractivity contribution in [3.63, 3.8) is 0 Å². The van der Waals surface area contributed by atoms with Gasteiger partial charge >= 0.3 is 0 Å². The van der Waals surface area contributed by atoms with Crippen LogP contribution in [0, 0.1) is 0 Å². The lowest BCUT2D eigenvalue weighted by atomic mass is 10.4. The first-order valence-electron chi connectivity index (χ1n) is 4.86. The van der Waals surface area contributed by atoms with Crippen molar-refractivity contribution in [3.8, 4) is 0 Å². The van der Waals surface area contributed by atoms with Crippen molar-refractivity contribution in [2.45, 2.75) is 0 Å². The SMILES string of the molecule is NNc1nccc(N2CCS(=O)(=O)CC2)n1. The second-order valence-electron chi connectivity index (χ2n) is 3.52. The summed E-state index contributed by atoms with van der Waals surface area (Å²) in [6.45, 7) is 0.923. The summed E-state index contributed by atoms with van der Waals surface area (Å²) in [4.78, 5) is 9.94. The van der Waals surface area contributed by atoms with Crippen LogP contribution in [-0.4, -0.2) is 43.0 Å². The molecular weight excluding hydrogens is 230 g/mol. The normalized spacial score (nSPS) is 19.4. The Morgan fingerprint density at radius 2 is 2.06 bits per heavy atom. The van der Waals surface area contributed by atoms with Crippen molar-refractivity contribution >= 4 is 21.6 Å². The van der Waals surface area contributed by atoms with E-state index >= 15 is 0 Å². The molecule has 0 aliphatic carbocycles. The van der Waals surface area contributed by atoms with Crippen LogP contribution in [0.1, 0.15) is 0 Å². The molecule has 16 heavy (non-hydrogen) atoms. The lowest BCUT2D eigenvalue weighted by molar-refractivity contribution is 0.586. The van der Waals surface area contributed by atoms with Crippen LogP contribution in [-0.2, 0) is 9.84 Å². The van der Waals surface area contributed by atoms with Gasteiger partial charge in [0.25, 0.3) is 0 Å². The van der Waals surface area contributed by atoms with Gasteiger partial charge in [-0.05, 0) is 6.07 Å². The van der Waals surface area contributed by atoms with Gasteiger partial charge < -0.3 is 4.90 Å². The van der Waals surface area contributed by atoms with Crippen LogP contribution in [0.25, 0.3) is 0 Å². The quantitative estimate of drug-likeness (QED) is 0.507. The van der Waals surface area contributed by atoms with E-state index in [4.69, 9.17) is 5.84 Å². The maximum absolute atomic E-state index is 11.3. The van der Waals surface area contributed by atoms with Gasteiger partial charge in [0, 0.05) is 19.3 Å². The molecule has 0 atom stereocenters. The highest BCUT2D eigenvalue weighted by molar-refractivity contribution is 7.91. The van der Waals surface area contributed by atoms with Crippen molar-refractivity contribution in [1.29, 1.82) is 0 Å². The summed E-state index contributed by atoms with van der Waals surface area (Å²) >= 11 is 0. The third-order valence-electron chi connectivity index (χ3n) is 2.44. The molecule has 1 aromatic heterocycles. The third kappa shape index (κ3) is 2.39. The van der Waals surface area contributed by atoms with Crippen LogP contribution in [0.3, 0.4) is 0 Å². The summed E-state index contributed by atoms with van der Waals surface area (Å²) in [6.07, 6.45) is 1.58. The number of hydrogen-bond donors (Lipinski definition) is 2. The fourth-order valence-electron chi connectivity index (χ4n) is 1.54. The topological polar surface area (TPSA) is 101 Å². The minimum absolute atomic E-state index is 0.169. The molecule has 8 heteroatoms. The van der Waals surface area contributed by atoms with Crippen molar-refractivity contribution in [2.75, 3.05) is 34.9 Å². The Balaban J connectivity index is 2.13. The second-order valence-corrected chi connectivity index (χ2v) is 5.83. The van der Waals surface area contributed by atoms with E-state index in [0.717, 1.165) is 0 Å². The second kappa shape index (κ2) is 4.22. The van der Waals surface area contributed by atoms with Crippen molar-refractivity contribution in [2.24, 2.45) is 5.84 Å². The van der Waals surface area contributed by atoms with E-state index in [0.29, 0.717) is 24.9 Å². The summed E-state index contributed by atoms with van der Waals surface area (Å²) in [5, 5.41) is 0. The molecule has 0 aromatic carbocycles. The average molecular weight is 243 g/mol. The minimum Gasteiger partial charge on any atom is -0.354 e. The summed E-state index contributed by atoms with van der Waals surface area (Å²) in [6, 6.07) is 1.73. The zero-order valence-electron chi connectivity index (χ0n) is 8.63. The summed E-state index contributed by atoms with van der Waals surface area (Å²) in [5.41, 5.74) is 2.36. The maximum atomic E-state index is 11.3. The minimum atomic E-state index is -2.86. The molecular formula is C8H13N5O2S.